The highest BCUT2D eigenvalue weighted by Gasteiger charge is 2.07. The van der Waals surface area contributed by atoms with Crippen LogP contribution in [0.5, 0.6) is 0 Å². The molecule has 0 atom stereocenters. The van der Waals surface area contributed by atoms with Crippen LogP contribution in [0.1, 0.15) is 22.4 Å². The second-order valence-corrected chi connectivity index (χ2v) is 4.26. The maximum atomic E-state index is 9.16. The van der Waals surface area contributed by atoms with Gasteiger partial charge in [0, 0.05) is 12.2 Å². The van der Waals surface area contributed by atoms with Crippen molar-refractivity contribution in [3.63, 3.8) is 0 Å². The molecule has 0 radical (unpaired) electrons. The molecule has 3 heteroatoms. The summed E-state index contributed by atoms with van der Waals surface area (Å²) in [6, 6.07) is 14.2. The molecule has 1 aromatic heterocycles. The summed E-state index contributed by atoms with van der Waals surface area (Å²) in [5.41, 5.74) is 3.67. The summed E-state index contributed by atoms with van der Waals surface area (Å²) in [5.74, 6) is 0.666. The quantitative estimate of drug-likeness (QED) is 0.891. The Kier molecular flexibility index (Phi) is 3.59. The maximum absolute atomic E-state index is 9.16. The topological polar surface area (TPSA) is 48.7 Å². The Morgan fingerprint density at radius 1 is 1.22 bits per heavy atom. The van der Waals surface area contributed by atoms with Gasteiger partial charge in [0.2, 0.25) is 0 Å². The van der Waals surface area contributed by atoms with E-state index < -0.39 is 0 Å². The molecule has 0 bridgehead atoms. The van der Waals surface area contributed by atoms with Gasteiger partial charge < -0.3 is 5.32 Å². The zero-order valence-electron chi connectivity index (χ0n) is 10.6. The number of hydrogen-bond acceptors (Lipinski definition) is 3. The van der Waals surface area contributed by atoms with Gasteiger partial charge in [0.1, 0.15) is 11.9 Å². The molecule has 18 heavy (non-hydrogen) atoms. The van der Waals surface area contributed by atoms with Crippen molar-refractivity contribution >= 4 is 5.82 Å². The molecular weight excluding hydrogens is 222 g/mol. The minimum absolute atomic E-state index is 0.622. The largest absolute Gasteiger partial charge is 0.365 e. The SMILES string of the molecule is Cc1cc(C)c(C#N)c(NCc2ccccc2)n1. The highest BCUT2D eigenvalue weighted by Crippen LogP contribution is 2.18. The summed E-state index contributed by atoms with van der Waals surface area (Å²) in [6.45, 7) is 4.54. The summed E-state index contributed by atoms with van der Waals surface area (Å²) in [4.78, 5) is 4.39. The highest BCUT2D eigenvalue weighted by atomic mass is 15.0. The van der Waals surface area contributed by atoms with Gasteiger partial charge in [0.05, 0.1) is 5.56 Å². The molecule has 3 nitrogen and oxygen atoms in total. The van der Waals surface area contributed by atoms with E-state index in [9.17, 15) is 0 Å². The van der Waals surface area contributed by atoms with Gasteiger partial charge >= 0.3 is 0 Å². The van der Waals surface area contributed by atoms with Crippen LogP contribution in [0.2, 0.25) is 0 Å². The molecule has 1 aromatic carbocycles. The molecule has 90 valence electrons. The maximum Gasteiger partial charge on any atom is 0.144 e. The van der Waals surface area contributed by atoms with E-state index in [1.54, 1.807) is 0 Å². The fraction of sp³-hybridized carbons (Fsp3) is 0.200. The van der Waals surface area contributed by atoms with Crippen LogP contribution in [0.3, 0.4) is 0 Å². The highest BCUT2D eigenvalue weighted by molar-refractivity contribution is 5.56. The molecule has 0 aliphatic rings. The van der Waals surface area contributed by atoms with Crippen molar-refractivity contribution in [3.05, 3.63) is 58.8 Å². The molecule has 0 saturated carbocycles. The number of nitriles is 1. The minimum atomic E-state index is 0.622. The van der Waals surface area contributed by atoms with Crippen LogP contribution < -0.4 is 5.32 Å². The van der Waals surface area contributed by atoms with E-state index in [0.717, 1.165) is 11.3 Å². The Labute approximate surface area is 107 Å². The lowest BCUT2D eigenvalue weighted by Gasteiger charge is -2.10. The van der Waals surface area contributed by atoms with Crippen molar-refractivity contribution < 1.29 is 0 Å². The van der Waals surface area contributed by atoms with Gasteiger partial charge in [-0.25, -0.2) is 4.98 Å². The zero-order valence-corrected chi connectivity index (χ0v) is 10.6. The molecule has 0 fully saturated rings. The van der Waals surface area contributed by atoms with Crippen LogP contribution in [-0.4, -0.2) is 4.98 Å². The van der Waals surface area contributed by atoms with Gasteiger partial charge in [0.15, 0.2) is 0 Å². The molecule has 0 saturated heterocycles. The Balaban J connectivity index is 2.22. The van der Waals surface area contributed by atoms with Crippen LogP contribution in [-0.2, 0) is 6.54 Å². The van der Waals surface area contributed by atoms with Crippen LogP contribution >= 0.6 is 0 Å². The number of nitrogens with zero attached hydrogens (tertiary/aromatic N) is 2. The summed E-state index contributed by atoms with van der Waals surface area (Å²) >= 11 is 0. The van der Waals surface area contributed by atoms with E-state index in [0.29, 0.717) is 17.9 Å². The lowest BCUT2D eigenvalue weighted by atomic mass is 10.1. The predicted molar refractivity (Wildman–Crippen MR) is 72.2 cm³/mol. The summed E-state index contributed by atoms with van der Waals surface area (Å²) in [5, 5.41) is 12.4. The first-order valence-corrected chi connectivity index (χ1v) is 5.87. The monoisotopic (exact) mass is 237 g/mol. The molecule has 0 aliphatic heterocycles. The Bertz CT molecular complexity index is 583. The van der Waals surface area contributed by atoms with Gasteiger partial charge in [-0.3, -0.25) is 0 Å². The third-order valence-corrected chi connectivity index (χ3v) is 2.76. The number of rotatable bonds is 3. The Morgan fingerprint density at radius 3 is 2.61 bits per heavy atom. The normalized spacial score (nSPS) is 9.83. The molecule has 1 heterocycles. The average Bonchev–Trinajstić information content (AvgIpc) is 2.37. The molecule has 2 aromatic rings. The summed E-state index contributed by atoms with van der Waals surface area (Å²) in [7, 11) is 0. The van der Waals surface area contributed by atoms with Crippen LogP contribution in [0.25, 0.3) is 0 Å². The van der Waals surface area contributed by atoms with Gasteiger partial charge in [-0.05, 0) is 31.0 Å². The van der Waals surface area contributed by atoms with Crippen molar-refractivity contribution in [2.45, 2.75) is 20.4 Å². The number of anilines is 1. The first-order chi connectivity index (χ1) is 8.70. The van der Waals surface area contributed by atoms with Gasteiger partial charge in [-0.15, -0.1) is 0 Å². The van der Waals surface area contributed by atoms with E-state index in [2.05, 4.69) is 16.4 Å². The van der Waals surface area contributed by atoms with Crippen molar-refractivity contribution in [1.82, 2.24) is 4.98 Å². The van der Waals surface area contributed by atoms with E-state index >= 15 is 0 Å². The smallest absolute Gasteiger partial charge is 0.144 e. The molecule has 2 rings (SSSR count). The van der Waals surface area contributed by atoms with Crippen molar-refractivity contribution in [2.24, 2.45) is 0 Å². The standard InChI is InChI=1S/C15H15N3/c1-11-8-12(2)18-15(14(11)9-16)17-10-13-6-4-3-5-7-13/h3-8H,10H2,1-2H3,(H,17,18). The fourth-order valence-corrected chi connectivity index (χ4v) is 1.89. The number of pyridine rings is 1. The molecular formula is C15H15N3. The average molecular weight is 237 g/mol. The van der Waals surface area contributed by atoms with Gasteiger partial charge in [-0.2, -0.15) is 5.26 Å². The first-order valence-electron chi connectivity index (χ1n) is 5.87. The predicted octanol–water partition coefficient (Wildman–Crippen LogP) is 3.18. The van der Waals surface area contributed by atoms with E-state index in [4.69, 9.17) is 5.26 Å². The third kappa shape index (κ3) is 2.67. The summed E-state index contributed by atoms with van der Waals surface area (Å²) in [6.07, 6.45) is 0. The zero-order chi connectivity index (χ0) is 13.0. The van der Waals surface area contributed by atoms with E-state index in [1.165, 1.54) is 5.56 Å². The third-order valence-electron chi connectivity index (χ3n) is 2.76. The number of benzene rings is 1. The number of aryl methyl sites for hydroxylation is 2. The van der Waals surface area contributed by atoms with E-state index in [1.807, 2.05) is 50.2 Å². The van der Waals surface area contributed by atoms with Crippen molar-refractivity contribution in [1.29, 1.82) is 5.26 Å². The van der Waals surface area contributed by atoms with Crippen molar-refractivity contribution in [3.8, 4) is 6.07 Å². The first kappa shape index (κ1) is 12.1. The summed E-state index contributed by atoms with van der Waals surface area (Å²) < 4.78 is 0. The molecule has 0 unspecified atom stereocenters. The minimum Gasteiger partial charge on any atom is -0.365 e. The second-order valence-electron chi connectivity index (χ2n) is 4.26. The van der Waals surface area contributed by atoms with Crippen LogP contribution in [0.4, 0.5) is 5.82 Å². The second kappa shape index (κ2) is 5.33. The van der Waals surface area contributed by atoms with Gasteiger partial charge in [-0.1, -0.05) is 30.3 Å². The Hall–Kier alpha value is -2.34. The lowest BCUT2D eigenvalue weighted by Crippen LogP contribution is -2.05. The molecule has 0 amide bonds. The van der Waals surface area contributed by atoms with Gasteiger partial charge in [0.25, 0.3) is 0 Å². The molecule has 0 spiro atoms. The number of aromatic nitrogens is 1. The lowest BCUT2D eigenvalue weighted by molar-refractivity contribution is 1.07. The van der Waals surface area contributed by atoms with Crippen LogP contribution in [0.15, 0.2) is 36.4 Å². The Morgan fingerprint density at radius 2 is 1.94 bits per heavy atom. The number of nitrogens with one attached hydrogen (secondary N) is 1. The fourth-order valence-electron chi connectivity index (χ4n) is 1.89. The van der Waals surface area contributed by atoms with E-state index in [-0.39, 0.29) is 0 Å². The molecule has 0 aliphatic carbocycles. The number of hydrogen-bond donors (Lipinski definition) is 1. The van der Waals surface area contributed by atoms with Crippen molar-refractivity contribution in [2.75, 3.05) is 5.32 Å². The molecule has 1 N–H and O–H groups in total. The van der Waals surface area contributed by atoms with Crippen LogP contribution in [0, 0.1) is 25.2 Å².